The quantitative estimate of drug-likeness (QED) is 0.226. The van der Waals surface area contributed by atoms with Gasteiger partial charge in [-0.2, -0.15) is 0 Å². The van der Waals surface area contributed by atoms with E-state index in [2.05, 4.69) is 38.2 Å². The largest absolute Gasteiger partial charge is 0.492 e. The van der Waals surface area contributed by atoms with Crippen LogP contribution in [0.3, 0.4) is 0 Å². The molecule has 0 aliphatic heterocycles. The highest BCUT2D eigenvalue weighted by atomic mass is 79.9. The fraction of sp³-hybridized carbons (Fsp3) is 0.200. The zero-order chi connectivity index (χ0) is 25.3. The lowest BCUT2D eigenvalue weighted by atomic mass is 10.2. The van der Waals surface area contributed by atoms with Gasteiger partial charge in [0.15, 0.2) is 5.11 Å². The van der Waals surface area contributed by atoms with Gasteiger partial charge in [-0.3, -0.25) is 10.1 Å². The first kappa shape index (κ1) is 26.8. The minimum Gasteiger partial charge on any atom is -0.492 e. The standard InChI is InChI=1S/C25H26BrN3O4S2/c1-2-3-15-33-23-14-9-19(16-22(23)26)24(30)29-25(34)28-20-10-12-21(13-11-20)35(31,32)27-17-18-7-5-4-6-8-18/h4-14,16,27H,2-3,15,17H2,1H3,(H2,28,29,30,34). The molecule has 7 nitrogen and oxygen atoms in total. The highest BCUT2D eigenvalue weighted by molar-refractivity contribution is 9.10. The molecule has 0 aliphatic rings. The van der Waals surface area contributed by atoms with Crippen molar-refractivity contribution in [1.82, 2.24) is 10.0 Å². The molecule has 0 heterocycles. The average Bonchev–Trinajstić information content (AvgIpc) is 2.85. The Labute approximate surface area is 219 Å². The van der Waals surface area contributed by atoms with E-state index in [1.807, 2.05) is 30.3 Å². The summed E-state index contributed by atoms with van der Waals surface area (Å²) < 4.78 is 34.0. The molecule has 0 atom stereocenters. The number of ether oxygens (including phenoxy) is 1. The molecule has 0 bridgehead atoms. The Kier molecular flexibility index (Phi) is 9.79. The van der Waals surface area contributed by atoms with Crippen molar-refractivity contribution in [2.75, 3.05) is 11.9 Å². The lowest BCUT2D eigenvalue weighted by Gasteiger charge is -2.12. The molecule has 0 fully saturated rings. The summed E-state index contributed by atoms with van der Waals surface area (Å²) in [4.78, 5) is 12.7. The topological polar surface area (TPSA) is 96.5 Å². The Morgan fingerprint density at radius 3 is 2.40 bits per heavy atom. The average molecular weight is 577 g/mol. The monoisotopic (exact) mass is 575 g/mol. The molecule has 0 saturated carbocycles. The number of rotatable bonds is 10. The van der Waals surface area contributed by atoms with Crippen LogP contribution >= 0.6 is 28.1 Å². The number of carbonyl (C=O) groups is 1. The predicted molar refractivity (Wildman–Crippen MR) is 145 cm³/mol. The molecule has 0 spiro atoms. The first-order valence-electron chi connectivity index (χ1n) is 11.0. The van der Waals surface area contributed by atoms with Gasteiger partial charge in [0.2, 0.25) is 10.0 Å². The van der Waals surface area contributed by atoms with Gasteiger partial charge in [0.25, 0.3) is 5.91 Å². The van der Waals surface area contributed by atoms with Crippen molar-refractivity contribution < 1.29 is 17.9 Å². The Balaban J connectivity index is 1.54. The Morgan fingerprint density at radius 1 is 1.03 bits per heavy atom. The van der Waals surface area contributed by atoms with Crippen LogP contribution in [-0.2, 0) is 16.6 Å². The van der Waals surface area contributed by atoms with Crippen LogP contribution in [0.2, 0.25) is 0 Å². The molecule has 10 heteroatoms. The van der Waals surface area contributed by atoms with Crippen LogP contribution in [0.15, 0.2) is 82.2 Å². The van der Waals surface area contributed by atoms with E-state index in [0.29, 0.717) is 28.1 Å². The van der Waals surface area contributed by atoms with Crippen molar-refractivity contribution in [1.29, 1.82) is 0 Å². The van der Waals surface area contributed by atoms with Gasteiger partial charge in [-0.1, -0.05) is 43.7 Å². The molecule has 0 saturated heterocycles. The fourth-order valence-electron chi connectivity index (χ4n) is 3.00. The molecule has 0 unspecified atom stereocenters. The third-order valence-electron chi connectivity index (χ3n) is 4.91. The second kappa shape index (κ2) is 12.8. The number of nitrogens with one attached hydrogen (secondary N) is 3. The second-order valence-electron chi connectivity index (χ2n) is 7.59. The van der Waals surface area contributed by atoms with E-state index in [9.17, 15) is 13.2 Å². The second-order valence-corrected chi connectivity index (χ2v) is 10.6. The number of hydrogen-bond donors (Lipinski definition) is 3. The molecule has 184 valence electrons. The van der Waals surface area contributed by atoms with Crippen LogP contribution in [0.4, 0.5) is 5.69 Å². The maximum absolute atomic E-state index is 12.6. The van der Waals surface area contributed by atoms with Gasteiger partial charge < -0.3 is 10.1 Å². The molecule has 0 aliphatic carbocycles. The van der Waals surface area contributed by atoms with Crippen LogP contribution in [0.1, 0.15) is 35.7 Å². The Bertz CT molecular complexity index is 1270. The third-order valence-corrected chi connectivity index (χ3v) is 7.15. The van der Waals surface area contributed by atoms with Gasteiger partial charge in [-0.25, -0.2) is 13.1 Å². The number of anilines is 1. The number of halogens is 1. The summed E-state index contributed by atoms with van der Waals surface area (Å²) >= 11 is 8.66. The third kappa shape index (κ3) is 8.14. The number of amides is 1. The van der Waals surface area contributed by atoms with Crippen LogP contribution < -0.4 is 20.1 Å². The zero-order valence-corrected chi connectivity index (χ0v) is 22.3. The summed E-state index contributed by atoms with van der Waals surface area (Å²) in [5.41, 5.74) is 1.81. The van der Waals surface area contributed by atoms with E-state index >= 15 is 0 Å². The van der Waals surface area contributed by atoms with Crippen molar-refractivity contribution in [3.63, 3.8) is 0 Å². The van der Waals surface area contributed by atoms with Gasteiger partial charge in [0, 0.05) is 17.8 Å². The normalized spacial score (nSPS) is 11.0. The number of benzene rings is 3. The summed E-state index contributed by atoms with van der Waals surface area (Å²) in [6.07, 6.45) is 1.98. The van der Waals surface area contributed by atoms with Crippen LogP contribution in [-0.4, -0.2) is 26.0 Å². The Morgan fingerprint density at radius 2 is 1.74 bits per heavy atom. The Hall–Kier alpha value is -2.79. The molecule has 3 N–H and O–H groups in total. The number of carbonyl (C=O) groups excluding carboxylic acids is 1. The predicted octanol–water partition coefficient (Wildman–Crippen LogP) is 5.23. The number of thiocarbonyl (C=S) groups is 1. The van der Waals surface area contributed by atoms with Crippen LogP contribution in [0.5, 0.6) is 5.75 Å². The van der Waals surface area contributed by atoms with Crippen molar-refractivity contribution in [2.24, 2.45) is 0 Å². The molecule has 3 aromatic carbocycles. The summed E-state index contributed by atoms with van der Waals surface area (Å²) in [7, 11) is -3.67. The fourth-order valence-corrected chi connectivity index (χ4v) is 4.72. The van der Waals surface area contributed by atoms with Gasteiger partial charge in [0.05, 0.1) is 16.0 Å². The molecular formula is C25H26BrN3O4S2. The van der Waals surface area contributed by atoms with E-state index in [1.54, 1.807) is 30.3 Å². The minimum absolute atomic E-state index is 0.0900. The van der Waals surface area contributed by atoms with Crippen LogP contribution in [0.25, 0.3) is 0 Å². The SMILES string of the molecule is CCCCOc1ccc(C(=O)NC(=S)Nc2ccc(S(=O)(=O)NCc3ccccc3)cc2)cc1Br. The molecule has 3 rings (SSSR count). The molecule has 3 aromatic rings. The van der Waals surface area contributed by atoms with E-state index in [4.69, 9.17) is 17.0 Å². The zero-order valence-electron chi connectivity index (χ0n) is 19.1. The van der Waals surface area contributed by atoms with E-state index in [0.717, 1.165) is 18.4 Å². The van der Waals surface area contributed by atoms with Crippen molar-refractivity contribution in [3.05, 3.63) is 88.4 Å². The summed E-state index contributed by atoms with van der Waals surface area (Å²) in [5.74, 6) is 0.289. The van der Waals surface area contributed by atoms with Crippen molar-refractivity contribution in [3.8, 4) is 5.75 Å². The summed E-state index contributed by atoms with van der Waals surface area (Å²) in [6, 6.07) is 20.4. The molecule has 35 heavy (non-hydrogen) atoms. The molecule has 0 aromatic heterocycles. The smallest absolute Gasteiger partial charge is 0.257 e. The van der Waals surface area contributed by atoms with E-state index in [1.165, 1.54) is 12.1 Å². The maximum Gasteiger partial charge on any atom is 0.257 e. The number of unbranched alkanes of at least 4 members (excludes halogenated alkanes) is 1. The van der Waals surface area contributed by atoms with Gasteiger partial charge >= 0.3 is 0 Å². The number of hydrogen-bond acceptors (Lipinski definition) is 5. The summed E-state index contributed by atoms with van der Waals surface area (Å²) in [5, 5.41) is 5.59. The van der Waals surface area contributed by atoms with Gasteiger partial charge in [0.1, 0.15) is 5.75 Å². The van der Waals surface area contributed by atoms with Crippen molar-refractivity contribution in [2.45, 2.75) is 31.2 Å². The number of sulfonamides is 1. The van der Waals surface area contributed by atoms with E-state index in [-0.39, 0.29) is 22.5 Å². The van der Waals surface area contributed by atoms with Crippen molar-refractivity contribution >= 4 is 54.9 Å². The lowest BCUT2D eigenvalue weighted by Crippen LogP contribution is -2.34. The molecule has 0 radical (unpaired) electrons. The minimum atomic E-state index is -3.67. The first-order chi connectivity index (χ1) is 16.8. The maximum atomic E-state index is 12.6. The molecule has 1 amide bonds. The van der Waals surface area contributed by atoms with E-state index < -0.39 is 10.0 Å². The highest BCUT2D eigenvalue weighted by Crippen LogP contribution is 2.26. The van der Waals surface area contributed by atoms with Crippen LogP contribution in [0, 0.1) is 0 Å². The highest BCUT2D eigenvalue weighted by Gasteiger charge is 2.14. The summed E-state index contributed by atoms with van der Waals surface area (Å²) in [6.45, 7) is 2.89. The lowest BCUT2D eigenvalue weighted by molar-refractivity contribution is 0.0977. The van der Waals surface area contributed by atoms with Gasteiger partial charge in [-0.15, -0.1) is 0 Å². The first-order valence-corrected chi connectivity index (χ1v) is 13.7. The molecular weight excluding hydrogens is 550 g/mol. The van der Waals surface area contributed by atoms with Gasteiger partial charge in [-0.05, 0) is 82.6 Å².